The van der Waals surface area contributed by atoms with Crippen LogP contribution in [-0.4, -0.2) is 65.1 Å². The Morgan fingerprint density at radius 3 is 2.69 bits per heavy atom. The van der Waals surface area contributed by atoms with Crippen LogP contribution in [0, 0.1) is 0 Å². The largest absolute Gasteiger partial charge is 0.482 e. The van der Waals surface area contributed by atoms with Gasteiger partial charge < -0.3 is 25.0 Å². The summed E-state index contributed by atoms with van der Waals surface area (Å²) in [4.78, 5) is 56.6. The molecule has 5 rings (SSSR count). The predicted molar refractivity (Wildman–Crippen MR) is 145 cm³/mol. The third-order valence-electron chi connectivity index (χ3n) is 6.85. The van der Waals surface area contributed by atoms with E-state index < -0.39 is 17.4 Å². The van der Waals surface area contributed by atoms with Crippen molar-refractivity contribution in [2.75, 3.05) is 32.2 Å². The number of rotatable bonds is 6. The average molecular weight is 530 g/mol. The SMILES string of the molecule is C=C(NC(=O)C(=C)n1cnc2c(-c3ccc4c(c3)OCC(=O)N4)cccc2c1=O)C(=O)N(C)C1CCOCC1. The molecule has 0 bridgehead atoms. The normalized spacial score (nSPS) is 15.1. The molecule has 1 aromatic heterocycles. The fourth-order valence-electron chi connectivity index (χ4n) is 4.64. The number of carbonyl (C=O) groups is 3. The molecule has 3 amide bonds. The number of para-hydroxylation sites is 1. The number of aromatic nitrogens is 2. The smallest absolute Gasteiger partial charge is 0.272 e. The lowest BCUT2D eigenvalue weighted by Gasteiger charge is -2.31. The summed E-state index contributed by atoms with van der Waals surface area (Å²) in [7, 11) is 1.66. The number of hydrogen-bond donors (Lipinski definition) is 2. The van der Waals surface area contributed by atoms with Crippen molar-refractivity contribution in [2.24, 2.45) is 0 Å². The highest BCUT2D eigenvalue weighted by atomic mass is 16.5. The second-order valence-corrected chi connectivity index (χ2v) is 9.31. The number of likely N-dealkylation sites (N-methyl/N-ethyl adjacent to an activating group) is 1. The first kappa shape index (κ1) is 25.9. The zero-order valence-electron chi connectivity index (χ0n) is 21.4. The summed E-state index contributed by atoms with van der Waals surface area (Å²) in [6.45, 7) is 8.51. The molecule has 0 saturated carbocycles. The summed E-state index contributed by atoms with van der Waals surface area (Å²) in [6.07, 6.45) is 2.63. The van der Waals surface area contributed by atoms with E-state index in [1.54, 1.807) is 42.3 Å². The van der Waals surface area contributed by atoms with E-state index in [1.807, 2.05) is 6.07 Å². The Morgan fingerprint density at radius 1 is 1.15 bits per heavy atom. The van der Waals surface area contributed by atoms with Crippen LogP contribution in [-0.2, 0) is 19.1 Å². The van der Waals surface area contributed by atoms with E-state index in [9.17, 15) is 19.2 Å². The monoisotopic (exact) mass is 529 g/mol. The average Bonchev–Trinajstić information content (AvgIpc) is 2.96. The van der Waals surface area contributed by atoms with Crippen molar-refractivity contribution in [2.45, 2.75) is 18.9 Å². The first-order valence-electron chi connectivity index (χ1n) is 12.4. The maximum absolute atomic E-state index is 13.4. The first-order chi connectivity index (χ1) is 18.7. The van der Waals surface area contributed by atoms with Gasteiger partial charge in [-0.15, -0.1) is 0 Å². The zero-order valence-corrected chi connectivity index (χ0v) is 21.4. The van der Waals surface area contributed by atoms with Crippen LogP contribution in [0.2, 0.25) is 0 Å². The Hall–Kier alpha value is -4.77. The highest BCUT2D eigenvalue weighted by molar-refractivity contribution is 6.15. The van der Waals surface area contributed by atoms with Crippen molar-refractivity contribution in [3.8, 4) is 16.9 Å². The molecule has 11 heteroatoms. The van der Waals surface area contributed by atoms with E-state index in [1.165, 1.54) is 6.33 Å². The molecule has 0 unspecified atom stereocenters. The van der Waals surface area contributed by atoms with Crippen molar-refractivity contribution in [3.05, 3.63) is 71.9 Å². The van der Waals surface area contributed by atoms with Gasteiger partial charge in [-0.3, -0.25) is 23.7 Å². The van der Waals surface area contributed by atoms with E-state index >= 15 is 0 Å². The van der Waals surface area contributed by atoms with E-state index in [0.717, 1.165) is 10.1 Å². The second kappa shape index (κ2) is 10.5. The molecule has 39 heavy (non-hydrogen) atoms. The lowest BCUT2D eigenvalue weighted by Crippen LogP contribution is -2.44. The van der Waals surface area contributed by atoms with Crippen molar-refractivity contribution in [1.29, 1.82) is 0 Å². The number of fused-ring (bicyclic) bond motifs is 2. The summed E-state index contributed by atoms with van der Waals surface area (Å²) in [5, 5.41) is 5.47. The van der Waals surface area contributed by atoms with Gasteiger partial charge in [-0.1, -0.05) is 31.4 Å². The molecule has 3 heterocycles. The maximum Gasteiger partial charge on any atom is 0.272 e. The van der Waals surface area contributed by atoms with Crippen LogP contribution in [0.5, 0.6) is 5.75 Å². The van der Waals surface area contributed by atoms with E-state index in [2.05, 4.69) is 28.8 Å². The van der Waals surface area contributed by atoms with Crippen LogP contribution in [0.3, 0.4) is 0 Å². The molecule has 1 saturated heterocycles. The van der Waals surface area contributed by atoms with Crippen LogP contribution >= 0.6 is 0 Å². The molecule has 2 aromatic carbocycles. The summed E-state index contributed by atoms with van der Waals surface area (Å²) >= 11 is 0. The van der Waals surface area contributed by atoms with Crippen molar-refractivity contribution < 1.29 is 23.9 Å². The highest BCUT2D eigenvalue weighted by Crippen LogP contribution is 2.34. The third kappa shape index (κ3) is 5.04. The van der Waals surface area contributed by atoms with Gasteiger partial charge in [0.05, 0.1) is 22.3 Å². The zero-order chi connectivity index (χ0) is 27.7. The minimum Gasteiger partial charge on any atom is -0.482 e. The van der Waals surface area contributed by atoms with Crippen LogP contribution < -0.4 is 20.9 Å². The van der Waals surface area contributed by atoms with E-state index in [0.29, 0.717) is 48.6 Å². The molecule has 2 N–H and O–H groups in total. The Morgan fingerprint density at radius 2 is 1.92 bits per heavy atom. The quantitative estimate of drug-likeness (QED) is 0.468. The summed E-state index contributed by atoms with van der Waals surface area (Å²) < 4.78 is 11.9. The number of hydrogen-bond acceptors (Lipinski definition) is 7. The molecule has 11 nitrogen and oxygen atoms in total. The van der Waals surface area contributed by atoms with Gasteiger partial charge in [-0.2, -0.15) is 0 Å². The number of ether oxygens (including phenoxy) is 2. The number of carbonyl (C=O) groups excluding carboxylic acids is 3. The van der Waals surface area contributed by atoms with Gasteiger partial charge in [0.25, 0.3) is 23.3 Å². The molecule has 2 aliphatic rings. The first-order valence-corrected chi connectivity index (χ1v) is 12.4. The number of amides is 3. The van der Waals surface area contributed by atoms with Crippen LogP contribution in [0.15, 0.2) is 66.4 Å². The summed E-state index contributed by atoms with van der Waals surface area (Å²) in [6, 6.07) is 10.4. The fourth-order valence-corrected chi connectivity index (χ4v) is 4.64. The van der Waals surface area contributed by atoms with Crippen LogP contribution in [0.4, 0.5) is 5.69 Å². The van der Waals surface area contributed by atoms with Gasteiger partial charge in [0.2, 0.25) is 0 Å². The molecule has 3 aromatic rings. The third-order valence-corrected chi connectivity index (χ3v) is 6.85. The van der Waals surface area contributed by atoms with Gasteiger partial charge in [-0.05, 0) is 36.6 Å². The number of anilines is 1. The van der Waals surface area contributed by atoms with Crippen molar-refractivity contribution >= 4 is 40.0 Å². The molecule has 0 atom stereocenters. The molecule has 2 aliphatic heterocycles. The second-order valence-electron chi connectivity index (χ2n) is 9.31. The Bertz CT molecular complexity index is 1590. The van der Waals surface area contributed by atoms with Gasteiger partial charge in [0.15, 0.2) is 6.61 Å². The van der Waals surface area contributed by atoms with Crippen LogP contribution in [0.25, 0.3) is 27.7 Å². The predicted octanol–water partition coefficient (Wildman–Crippen LogP) is 2.13. The standard InChI is InChI=1S/C28H27N5O6/c1-16(27(36)32(3)19-9-11-38-12-10-19)30-26(35)17(2)33-15-29-25-20(5-4-6-21(25)28(33)37)18-7-8-22-23(13-18)39-14-24(34)31-22/h4-8,13,15,19H,1-2,9-12,14H2,3H3,(H,30,35)(H,31,34). The molecule has 200 valence electrons. The molecular formula is C28H27N5O6. The van der Waals surface area contributed by atoms with Crippen molar-refractivity contribution in [1.82, 2.24) is 19.8 Å². The van der Waals surface area contributed by atoms with Crippen LogP contribution in [0.1, 0.15) is 12.8 Å². The number of nitrogens with zero attached hydrogens (tertiary/aromatic N) is 3. The Balaban J connectivity index is 1.36. The minimum absolute atomic E-state index is 0.00922. The minimum atomic E-state index is -0.748. The van der Waals surface area contributed by atoms with Gasteiger partial charge in [0.1, 0.15) is 17.8 Å². The van der Waals surface area contributed by atoms with Gasteiger partial charge in [-0.25, -0.2) is 4.98 Å². The molecule has 0 aliphatic carbocycles. The van der Waals surface area contributed by atoms with E-state index in [4.69, 9.17) is 9.47 Å². The summed E-state index contributed by atoms with van der Waals surface area (Å²) in [5.74, 6) is -0.891. The molecule has 1 fully saturated rings. The number of nitrogens with one attached hydrogen (secondary N) is 2. The Labute approximate surface area is 223 Å². The molecule has 0 spiro atoms. The molecule has 0 radical (unpaired) electrons. The lowest BCUT2D eigenvalue weighted by atomic mass is 10.0. The fraction of sp³-hybridized carbons (Fsp3) is 0.250. The highest BCUT2D eigenvalue weighted by Gasteiger charge is 2.26. The lowest BCUT2D eigenvalue weighted by molar-refractivity contribution is -0.131. The van der Waals surface area contributed by atoms with Gasteiger partial charge >= 0.3 is 0 Å². The van der Waals surface area contributed by atoms with Crippen molar-refractivity contribution in [3.63, 3.8) is 0 Å². The molecular weight excluding hydrogens is 502 g/mol. The topological polar surface area (TPSA) is 132 Å². The van der Waals surface area contributed by atoms with Gasteiger partial charge in [0, 0.05) is 31.9 Å². The summed E-state index contributed by atoms with van der Waals surface area (Å²) in [5.41, 5.74) is 1.56. The maximum atomic E-state index is 13.4. The number of benzene rings is 2. The Kier molecular flexibility index (Phi) is 6.99. The van der Waals surface area contributed by atoms with E-state index in [-0.39, 0.29) is 35.3 Å².